The Morgan fingerprint density at radius 2 is 2.12 bits per heavy atom. The third-order valence-corrected chi connectivity index (χ3v) is 2.44. The molecule has 0 saturated heterocycles. The molecular formula is C12H14N4. The standard InChI is InChI=1S/C12H14N4/c1-16(12-6-3-7-14-15-12)11-5-2-4-10(8-11)9-13/h2-8H,9,13H2,1H3. The third kappa shape index (κ3) is 2.17. The van der Waals surface area contributed by atoms with Gasteiger partial charge in [-0.05, 0) is 29.8 Å². The van der Waals surface area contributed by atoms with Gasteiger partial charge in [0.2, 0.25) is 0 Å². The number of hydrogen-bond donors (Lipinski definition) is 1. The van der Waals surface area contributed by atoms with Crippen LogP contribution in [0.25, 0.3) is 0 Å². The number of nitrogens with two attached hydrogens (primary N) is 1. The molecule has 0 spiro atoms. The van der Waals surface area contributed by atoms with Crippen molar-refractivity contribution in [3.63, 3.8) is 0 Å². The van der Waals surface area contributed by atoms with Crippen molar-refractivity contribution in [2.24, 2.45) is 5.73 Å². The average Bonchev–Trinajstić information content (AvgIpc) is 2.39. The van der Waals surface area contributed by atoms with Crippen molar-refractivity contribution in [1.82, 2.24) is 10.2 Å². The molecule has 0 aliphatic heterocycles. The van der Waals surface area contributed by atoms with Crippen molar-refractivity contribution < 1.29 is 0 Å². The normalized spacial score (nSPS) is 10.1. The van der Waals surface area contributed by atoms with E-state index in [1.165, 1.54) is 0 Å². The van der Waals surface area contributed by atoms with Crippen LogP contribution in [0, 0.1) is 0 Å². The number of anilines is 2. The Hall–Kier alpha value is -1.94. The highest BCUT2D eigenvalue weighted by molar-refractivity contribution is 5.59. The highest BCUT2D eigenvalue weighted by Gasteiger charge is 2.04. The maximum atomic E-state index is 5.61. The van der Waals surface area contributed by atoms with Crippen LogP contribution in [0.1, 0.15) is 5.56 Å². The van der Waals surface area contributed by atoms with Gasteiger partial charge in [0, 0.05) is 25.5 Å². The lowest BCUT2D eigenvalue weighted by Gasteiger charge is -2.17. The highest BCUT2D eigenvalue weighted by atomic mass is 15.2. The summed E-state index contributed by atoms with van der Waals surface area (Å²) in [4.78, 5) is 1.98. The number of nitrogens with zero attached hydrogens (tertiary/aromatic N) is 3. The Morgan fingerprint density at radius 3 is 2.81 bits per heavy atom. The quantitative estimate of drug-likeness (QED) is 0.845. The Balaban J connectivity index is 2.30. The third-order valence-electron chi connectivity index (χ3n) is 2.44. The second-order valence-corrected chi connectivity index (χ2v) is 3.51. The smallest absolute Gasteiger partial charge is 0.155 e. The van der Waals surface area contributed by atoms with Crippen molar-refractivity contribution in [3.8, 4) is 0 Å². The molecule has 2 aromatic rings. The first kappa shape index (κ1) is 10.6. The van der Waals surface area contributed by atoms with E-state index in [1.807, 2.05) is 42.3 Å². The van der Waals surface area contributed by atoms with E-state index in [0.717, 1.165) is 17.1 Å². The summed E-state index contributed by atoms with van der Waals surface area (Å²) in [6, 6.07) is 11.9. The summed E-state index contributed by atoms with van der Waals surface area (Å²) in [7, 11) is 1.96. The predicted molar refractivity (Wildman–Crippen MR) is 64.4 cm³/mol. The molecule has 82 valence electrons. The molecule has 0 amide bonds. The van der Waals surface area contributed by atoms with Gasteiger partial charge in [0.25, 0.3) is 0 Å². The second kappa shape index (κ2) is 4.72. The molecule has 2 N–H and O–H groups in total. The van der Waals surface area contributed by atoms with Crippen LogP contribution >= 0.6 is 0 Å². The van der Waals surface area contributed by atoms with Gasteiger partial charge in [0.15, 0.2) is 5.82 Å². The fourth-order valence-corrected chi connectivity index (χ4v) is 1.50. The first-order valence-corrected chi connectivity index (χ1v) is 5.11. The van der Waals surface area contributed by atoms with Crippen LogP contribution in [-0.2, 0) is 6.54 Å². The van der Waals surface area contributed by atoms with Crippen LogP contribution in [0.15, 0.2) is 42.6 Å². The lowest BCUT2D eigenvalue weighted by atomic mass is 10.2. The summed E-state index contributed by atoms with van der Waals surface area (Å²) in [5.41, 5.74) is 7.77. The van der Waals surface area contributed by atoms with Crippen LogP contribution in [0.2, 0.25) is 0 Å². The lowest BCUT2D eigenvalue weighted by Crippen LogP contribution is -2.12. The van der Waals surface area contributed by atoms with Crippen molar-refractivity contribution in [3.05, 3.63) is 48.2 Å². The molecule has 0 aliphatic carbocycles. The van der Waals surface area contributed by atoms with Gasteiger partial charge in [-0.2, -0.15) is 5.10 Å². The van der Waals surface area contributed by atoms with Crippen LogP contribution in [0.3, 0.4) is 0 Å². The number of aromatic nitrogens is 2. The van der Waals surface area contributed by atoms with Crippen LogP contribution in [0.5, 0.6) is 0 Å². The molecule has 1 aromatic heterocycles. The summed E-state index contributed by atoms with van der Waals surface area (Å²) >= 11 is 0. The minimum Gasteiger partial charge on any atom is -0.328 e. The summed E-state index contributed by atoms with van der Waals surface area (Å²) in [6.45, 7) is 0.544. The van der Waals surface area contributed by atoms with Gasteiger partial charge >= 0.3 is 0 Å². The first-order valence-electron chi connectivity index (χ1n) is 5.11. The molecule has 2 rings (SSSR count). The Kier molecular flexibility index (Phi) is 3.12. The molecule has 4 heteroatoms. The molecule has 4 nitrogen and oxygen atoms in total. The van der Waals surface area contributed by atoms with E-state index in [-0.39, 0.29) is 0 Å². The molecule has 0 bridgehead atoms. The SMILES string of the molecule is CN(c1cccc(CN)c1)c1cccnn1. The van der Waals surface area contributed by atoms with E-state index >= 15 is 0 Å². The van der Waals surface area contributed by atoms with Crippen LogP contribution in [-0.4, -0.2) is 17.2 Å². The van der Waals surface area contributed by atoms with E-state index in [0.29, 0.717) is 6.54 Å². The van der Waals surface area contributed by atoms with Gasteiger partial charge < -0.3 is 10.6 Å². The summed E-state index contributed by atoms with van der Waals surface area (Å²) < 4.78 is 0. The van der Waals surface area contributed by atoms with Crippen molar-refractivity contribution in [2.45, 2.75) is 6.54 Å². The largest absolute Gasteiger partial charge is 0.328 e. The summed E-state index contributed by atoms with van der Waals surface area (Å²) in [6.07, 6.45) is 1.66. The van der Waals surface area contributed by atoms with Crippen LogP contribution < -0.4 is 10.6 Å². The zero-order valence-electron chi connectivity index (χ0n) is 9.17. The molecule has 1 aromatic carbocycles. The topological polar surface area (TPSA) is 55.0 Å². The van der Waals surface area contributed by atoms with Gasteiger partial charge in [-0.15, -0.1) is 5.10 Å². The second-order valence-electron chi connectivity index (χ2n) is 3.51. The van der Waals surface area contributed by atoms with Crippen molar-refractivity contribution in [1.29, 1.82) is 0 Å². The van der Waals surface area contributed by atoms with Gasteiger partial charge in [0.1, 0.15) is 0 Å². The molecule has 1 heterocycles. The van der Waals surface area contributed by atoms with Gasteiger partial charge in [-0.25, -0.2) is 0 Å². The predicted octanol–water partition coefficient (Wildman–Crippen LogP) is 1.70. The monoisotopic (exact) mass is 214 g/mol. The van der Waals surface area contributed by atoms with E-state index in [9.17, 15) is 0 Å². The first-order chi connectivity index (χ1) is 7.81. The molecule has 0 unspecified atom stereocenters. The minimum atomic E-state index is 0.544. The van der Waals surface area contributed by atoms with Crippen LogP contribution in [0.4, 0.5) is 11.5 Å². The van der Waals surface area contributed by atoms with Crippen molar-refractivity contribution >= 4 is 11.5 Å². The number of hydrogen-bond acceptors (Lipinski definition) is 4. The van der Waals surface area contributed by atoms with Gasteiger partial charge in [-0.1, -0.05) is 12.1 Å². The van der Waals surface area contributed by atoms with Gasteiger partial charge in [-0.3, -0.25) is 0 Å². The highest BCUT2D eigenvalue weighted by Crippen LogP contribution is 2.21. The Labute approximate surface area is 94.7 Å². The molecule has 0 atom stereocenters. The molecule has 0 fully saturated rings. The average molecular weight is 214 g/mol. The van der Waals surface area contributed by atoms with E-state index in [2.05, 4.69) is 16.3 Å². The maximum absolute atomic E-state index is 5.61. The molecular weight excluding hydrogens is 200 g/mol. The fourth-order valence-electron chi connectivity index (χ4n) is 1.50. The fraction of sp³-hybridized carbons (Fsp3) is 0.167. The summed E-state index contributed by atoms with van der Waals surface area (Å²) in [5.74, 6) is 0.816. The molecule has 0 aliphatic rings. The zero-order valence-corrected chi connectivity index (χ0v) is 9.17. The maximum Gasteiger partial charge on any atom is 0.155 e. The minimum absolute atomic E-state index is 0.544. The lowest BCUT2D eigenvalue weighted by molar-refractivity contribution is 0.984. The van der Waals surface area contributed by atoms with E-state index in [4.69, 9.17) is 5.73 Å². The Morgan fingerprint density at radius 1 is 1.25 bits per heavy atom. The molecule has 0 saturated carbocycles. The van der Waals surface area contributed by atoms with E-state index in [1.54, 1.807) is 6.20 Å². The van der Waals surface area contributed by atoms with E-state index < -0.39 is 0 Å². The zero-order chi connectivity index (χ0) is 11.4. The molecule has 16 heavy (non-hydrogen) atoms. The van der Waals surface area contributed by atoms with Crippen molar-refractivity contribution in [2.75, 3.05) is 11.9 Å². The van der Waals surface area contributed by atoms with Gasteiger partial charge in [0.05, 0.1) is 0 Å². The number of benzene rings is 1. The summed E-state index contributed by atoms with van der Waals surface area (Å²) in [5, 5.41) is 7.91. The molecule has 0 radical (unpaired) electrons. The Bertz CT molecular complexity index is 456. The number of rotatable bonds is 3.